The standard InChI is InChI=1S/C6H10O5S/c1-5(2)6(8)11-12(9,10)4-3-7/h7H,1,3-4H2,2H3. The normalized spacial score (nSPS) is 10.8. The number of carbonyl (C=O) groups is 1. The third-order valence-electron chi connectivity index (χ3n) is 0.892. The Labute approximate surface area is 70.8 Å². The summed E-state index contributed by atoms with van der Waals surface area (Å²) in [6, 6.07) is 0. The Morgan fingerprint density at radius 3 is 2.42 bits per heavy atom. The van der Waals surface area contributed by atoms with Gasteiger partial charge in [-0.2, -0.15) is 8.42 Å². The molecule has 0 aliphatic carbocycles. The summed E-state index contributed by atoms with van der Waals surface area (Å²) >= 11 is 0. The van der Waals surface area contributed by atoms with Crippen LogP contribution in [-0.4, -0.2) is 31.9 Å². The predicted octanol–water partition coefficient (Wildman–Crippen LogP) is -0.572. The molecule has 12 heavy (non-hydrogen) atoms. The molecule has 5 nitrogen and oxygen atoms in total. The molecule has 0 aromatic heterocycles. The Bertz CT molecular complexity index is 276. The summed E-state index contributed by atoms with van der Waals surface area (Å²) in [7, 11) is -3.94. The van der Waals surface area contributed by atoms with E-state index in [1.165, 1.54) is 6.92 Å². The Kier molecular flexibility index (Phi) is 3.91. The molecule has 0 saturated carbocycles. The number of hydrogen-bond donors (Lipinski definition) is 1. The first-order valence-electron chi connectivity index (χ1n) is 3.12. The maximum absolute atomic E-state index is 10.7. The smallest absolute Gasteiger partial charge is 0.348 e. The van der Waals surface area contributed by atoms with Crippen molar-refractivity contribution in [3.05, 3.63) is 12.2 Å². The van der Waals surface area contributed by atoms with Gasteiger partial charge in [-0.25, -0.2) is 4.79 Å². The lowest BCUT2D eigenvalue weighted by Crippen LogP contribution is -2.18. The number of aliphatic hydroxyl groups excluding tert-OH is 1. The van der Waals surface area contributed by atoms with E-state index in [9.17, 15) is 13.2 Å². The van der Waals surface area contributed by atoms with Gasteiger partial charge in [-0.1, -0.05) is 6.58 Å². The minimum atomic E-state index is -3.94. The summed E-state index contributed by atoms with van der Waals surface area (Å²) < 4.78 is 25.4. The van der Waals surface area contributed by atoms with Crippen LogP contribution in [0, 0.1) is 0 Å². The second kappa shape index (κ2) is 4.22. The molecule has 0 aromatic carbocycles. The predicted molar refractivity (Wildman–Crippen MR) is 41.8 cm³/mol. The van der Waals surface area contributed by atoms with Crippen molar-refractivity contribution in [1.82, 2.24) is 0 Å². The van der Waals surface area contributed by atoms with Crippen LogP contribution >= 0.6 is 0 Å². The van der Waals surface area contributed by atoms with Crippen LogP contribution in [0.5, 0.6) is 0 Å². The fourth-order valence-electron chi connectivity index (χ4n) is 0.340. The van der Waals surface area contributed by atoms with E-state index < -0.39 is 28.4 Å². The number of hydrogen-bond acceptors (Lipinski definition) is 5. The van der Waals surface area contributed by atoms with Crippen LogP contribution in [0.2, 0.25) is 0 Å². The molecule has 1 N–H and O–H groups in total. The number of rotatable bonds is 4. The second-order valence-corrected chi connectivity index (χ2v) is 3.83. The van der Waals surface area contributed by atoms with Crippen LogP contribution in [0.4, 0.5) is 0 Å². The van der Waals surface area contributed by atoms with E-state index >= 15 is 0 Å². The van der Waals surface area contributed by atoms with Crippen molar-refractivity contribution in [1.29, 1.82) is 0 Å². The zero-order valence-electron chi connectivity index (χ0n) is 6.61. The lowest BCUT2D eigenvalue weighted by molar-refractivity contribution is -0.129. The Morgan fingerprint density at radius 2 is 2.08 bits per heavy atom. The summed E-state index contributed by atoms with van der Waals surface area (Å²) in [5.41, 5.74) is -0.00323. The van der Waals surface area contributed by atoms with Crippen LogP contribution < -0.4 is 0 Å². The number of aliphatic hydroxyl groups is 1. The van der Waals surface area contributed by atoms with Crippen LogP contribution in [0.3, 0.4) is 0 Å². The third kappa shape index (κ3) is 4.09. The highest BCUT2D eigenvalue weighted by Gasteiger charge is 2.16. The highest BCUT2D eigenvalue weighted by molar-refractivity contribution is 7.87. The van der Waals surface area contributed by atoms with Gasteiger partial charge in [0.15, 0.2) is 0 Å². The molecule has 6 heteroatoms. The van der Waals surface area contributed by atoms with Gasteiger partial charge in [-0.05, 0) is 6.92 Å². The van der Waals surface area contributed by atoms with E-state index in [4.69, 9.17) is 5.11 Å². The number of carbonyl (C=O) groups excluding carboxylic acids is 1. The minimum Gasteiger partial charge on any atom is -0.395 e. The first-order chi connectivity index (χ1) is 5.39. The van der Waals surface area contributed by atoms with E-state index in [1.807, 2.05) is 0 Å². The van der Waals surface area contributed by atoms with Crippen molar-refractivity contribution in [2.75, 3.05) is 12.4 Å². The average molecular weight is 194 g/mol. The minimum absolute atomic E-state index is 0.00323. The molecule has 0 radical (unpaired) electrons. The molecule has 70 valence electrons. The highest BCUT2D eigenvalue weighted by Crippen LogP contribution is 1.99. The lowest BCUT2D eigenvalue weighted by Gasteiger charge is -2.02. The summed E-state index contributed by atoms with van der Waals surface area (Å²) in [5, 5.41) is 8.26. The van der Waals surface area contributed by atoms with Gasteiger partial charge >= 0.3 is 16.1 Å². The molecule has 0 spiro atoms. The van der Waals surface area contributed by atoms with E-state index in [0.29, 0.717) is 0 Å². The fraction of sp³-hybridized carbons (Fsp3) is 0.500. The molecular formula is C6H10O5S. The first kappa shape index (κ1) is 11.1. The van der Waals surface area contributed by atoms with Crippen molar-refractivity contribution < 1.29 is 22.5 Å². The largest absolute Gasteiger partial charge is 0.395 e. The maximum Gasteiger partial charge on any atom is 0.348 e. The van der Waals surface area contributed by atoms with Crippen LogP contribution in [-0.2, 0) is 19.1 Å². The van der Waals surface area contributed by atoms with Gasteiger partial charge in [0, 0.05) is 5.57 Å². The van der Waals surface area contributed by atoms with E-state index in [0.717, 1.165) is 0 Å². The zero-order valence-corrected chi connectivity index (χ0v) is 7.43. The van der Waals surface area contributed by atoms with Gasteiger partial charge < -0.3 is 9.29 Å². The van der Waals surface area contributed by atoms with Gasteiger partial charge in [-0.3, -0.25) is 0 Å². The molecular weight excluding hydrogens is 184 g/mol. The van der Waals surface area contributed by atoms with Crippen LogP contribution in [0.15, 0.2) is 12.2 Å². The van der Waals surface area contributed by atoms with Crippen molar-refractivity contribution in [3.8, 4) is 0 Å². The van der Waals surface area contributed by atoms with Crippen molar-refractivity contribution in [3.63, 3.8) is 0 Å². The topological polar surface area (TPSA) is 80.7 Å². The molecule has 0 amide bonds. The SMILES string of the molecule is C=C(C)C(=O)OS(=O)(=O)CCO. The Balaban J connectivity index is 4.26. The fourth-order valence-corrected chi connectivity index (χ4v) is 1.02. The van der Waals surface area contributed by atoms with E-state index in [1.54, 1.807) is 0 Å². The van der Waals surface area contributed by atoms with Gasteiger partial charge in [0.05, 0.1) is 6.61 Å². The van der Waals surface area contributed by atoms with Gasteiger partial charge in [0.25, 0.3) is 0 Å². The molecule has 0 atom stereocenters. The van der Waals surface area contributed by atoms with Gasteiger partial charge in [-0.15, -0.1) is 0 Å². The van der Waals surface area contributed by atoms with Crippen molar-refractivity contribution in [2.45, 2.75) is 6.92 Å². The molecule has 0 bridgehead atoms. The van der Waals surface area contributed by atoms with E-state index in [-0.39, 0.29) is 5.57 Å². The third-order valence-corrected chi connectivity index (χ3v) is 1.98. The molecule has 0 unspecified atom stereocenters. The summed E-state index contributed by atoms with van der Waals surface area (Å²) in [6.07, 6.45) is 0. The molecule has 0 aliphatic rings. The van der Waals surface area contributed by atoms with Crippen LogP contribution in [0.1, 0.15) is 6.92 Å². The van der Waals surface area contributed by atoms with Gasteiger partial charge in [0.2, 0.25) is 0 Å². The van der Waals surface area contributed by atoms with E-state index in [2.05, 4.69) is 10.8 Å². The Hall–Kier alpha value is -0.880. The Morgan fingerprint density at radius 1 is 1.58 bits per heavy atom. The average Bonchev–Trinajstić information content (AvgIpc) is 1.85. The molecule has 0 rings (SSSR count). The molecule has 0 aliphatic heterocycles. The summed E-state index contributed by atoms with van der Waals surface area (Å²) in [5.74, 6) is -1.59. The summed E-state index contributed by atoms with van der Waals surface area (Å²) in [4.78, 5) is 10.7. The monoisotopic (exact) mass is 194 g/mol. The lowest BCUT2D eigenvalue weighted by atomic mass is 10.4. The second-order valence-electron chi connectivity index (χ2n) is 2.14. The maximum atomic E-state index is 10.7. The highest BCUT2D eigenvalue weighted by atomic mass is 32.2. The zero-order chi connectivity index (χ0) is 9.78. The van der Waals surface area contributed by atoms with Crippen molar-refractivity contribution in [2.24, 2.45) is 0 Å². The summed E-state index contributed by atoms with van der Waals surface area (Å²) in [6.45, 7) is 3.95. The first-order valence-corrected chi connectivity index (χ1v) is 4.69. The molecule has 0 fully saturated rings. The van der Waals surface area contributed by atoms with Crippen molar-refractivity contribution >= 4 is 16.1 Å². The van der Waals surface area contributed by atoms with Crippen LogP contribution in [0.25, 0.3) is 0 Å². The molecule has 0 aromatic rings. The quantitative estimate of drug-likeness (QED) is 0.478. The molecule has 0 saturated heterocycles. The van der Waals surface area contributed by atoms with Gasteiger partial charge in [0.1, 0.15) is 5.75 Å². The molecule has 0 heterocycles.